The molecule has 25 heavy (non-hydrogen) atoms. The molecule has 5 nitrogen and oxygen atoms in total. The fraction of sp³-hybridized carbons (Fsp3) is 0.684. The van der Waals surface area contributed by atoms with Crippen molar-refractivity contribution in [3.63, 3.8) is 0 Å². The SMILES string of the molecule is COc1cc(N2CCN(C)CC2)c(C(C)(C)O[Si]C(C)(C)C)cc1N. The van der Waals surface area contributed by atoms with E-state index in [1.807, 2.05) is 6.07 Å². The van der Waals surface area contributed by atoms with Gasteiger partial charge in [-0.3, -0.25) is 0 Å². The van der Waals surface area contributed by atoms with E-state index in [0.717, 1.165) is 37.5 Å². The smallest absolute Gasteiger partial charge is 0.236 e. The molecule has 0 aliphatic carbocycles. The Balaban J connectivity index is 2.39. The van der Waals surface area contributed by atoms with Crippen LogP contribution in [0.2, 0.25) is 5.04 Å². The molecule has 2 radical (unpaired) electrons. The predicted octanol–water partition coefficient (Wildman–Crippen LogP) is 3.12. The number of nitrogens with zero attached hydrogens (tertiary/aromatic N) is 2. The predicted molar refractivity (Wildman–Crippen MR) is 107 cm³/mol. The van der Waals surface area contributed by atoms with Gasteiger partial charge in [-0.15, -0.1) is 0 Å². The number of likely N-dealkylation sites (N-methyl/N-ethyl adjacent to an activating group) is 1. The monoisotopic (exact) mass is 363 g/mol. The number of methoxy groups -OCH3 is 1. The fourth-order valence-electron chi connectivity index (χ4n) is 2.89. The van der Waals surface area contributed by atoms with Crippen molar-refractivity contribution in [3.8, 4) is 5.75 Å². The molecule has 0 aromatic heterocycles. The molecule has 0 bridgehead atoms. The van der Waals surface area contributed by atoms with Crippen molar-refractivity contribution in [3.05, 3.63) is 17.7 Å². The molecule has 0 spiro atoms. The summed E-state index contributed by atoms with van der Waals surface area (Å²) in [6.07, 6.45) is 0. The summed E-state index contributed by atoms with van der Waals surface area (Å²) in [5.74, 6) is 0.728. The number of nitrogens with two attached hydrogens (primary N) is 1. The van der Waals surface area contributed by atoms with E-state index in [0.29, 0.717) is 15.5 Å². The van der Waals surface area contributed by atoms with Crippen LogP contribution in [-0.2, 0) is 10.0 Å². The van der Waals surface area contributed by atoms with Crippen LogP contribution >= 0.6 is 0 Å². The Morgan fingerprint density at radius 2 is 1.64 bits per heavy atom. The van der Waals surface area contributed by atoms with E-state index in [2.05, 4.69) is 57.5 Å². The van der Waals surface area contributed by atoms with Crippen LogP contribution in [0.4, 0.5) is 11.4 Å². The van der Waals surface area contributed by atoms with Gasteiger partial charge in [-0.25, -0.2) is 0 Å². The van der Waals surface area contributed by atoms with Gasteiger partial charge in [-0.05, 0) is 32.0 Å². The van der Waals surface area contributed by atoms with Crippen LogP contribution in [0.5, 0.6) is 5.75 Å². The molecule has 140 valence electrons. The highest BCUT2D eigenvalue weighted by Gasteiger charge is 2.31. The lowest BCUT2D eigenvalue weighted by Crippen LogP contribution is -2.45. The van der Waals surface area contributed by atoms with E-state index in [4.69, 9.17) is 14.9 Å². The number of nitrogen functional groups attached to an aromatic ring is 1. The lowest BCUT2D eigenvalue weighted by molar-refractivity contribution is 0.110. The average molecular weight is 364 g/mol. The van der Waals surface area contributed by atoms with Gasteiger partial charge in [0.05, 0.1) is 18.4 Å². The number of hydrogen-bond donors (Lipinski definition) is 1. The molecule has 1 fully saturated rings. The second-order valence-corrected chi connectivity index (χ2v) is 10.3. The summed E-state index contributed by atoms with van der Waals surface area (Å²) in [7, 11) is 4.25. The van der Waals surface area contributed by atoms with E-state index < -0.39 is 5.60 Å². The third-order valence-corrected chi connectivity index (χ3v) is 5.68. The number of hydrogen-bond acceptors (Lipinski definition) is 5. The van der Waals surface area contributed by atoms with Gasteiger partial charge < -0.3 is 24.7 Å². The molecule has 1 aromatic carbocycles. The molecule has 1 aromatic rings. The van der Waals surface area contributed by atoms with Crippen LogP contribution < -0.4 is 15.4 Å². The van der Waals surface area contributed by atoms with Crippen molar-refractivity contribution in [2.45, 2.75) is 45.3 Å². The highest BCUT2D eigenvalue weighted by Crippen LogP contribution is 2.40. The lowest BCUT2D eigenvalue weighted by Gasteiger charge is -2.39. The lowest BCUT2D eigenvalue weighted by atomic mass is 9.94. The number of rotatable bonds is 5. The Labute approximate surface area is 155 Å². The Kier molecular flexibility index (Phi) is 6.07. The molecule has 0 saturated carbocycles. The summed E-state index contributed by atoms with van der Waals surface area (Å²) in [6.45, 7) is 15.0. The summed E-state index contributed by atoms with van der Waals surface area (Å²) in [5, 5.41) is 0.142. The zero-order valence-electron chi connectivity index (χ0n) is 16.8. The van der Waals surface area contributed by atoms with Crippen LogP contribution in [0.3, 0.4) is 0 Å². The highest BCUT2D eigenvalue weighted by molar-refractivity contribution is 6.31. The molecule has 2 N–H and O–H groups in total. The molecule has 0 unspecified atom stereocenters. The zero-order chi connectivity index (χ0) is 18.8. The van der Waals surface area contributed by atoms with Crippen LogP contribution in [0.1, 0.15) is 40.2 Å². The Morgan fingerprint density at radius 1 is 1.04 bits per heavy atom. The molecule has 0 atom stereocenters. The normalized spacial score (nSPS) is 17.0. The maximum atomic E-state index is 6.36. The van der Waals surface area contributed by atoms with E-state index in [9.17, 15) is 0 Å². The zero-order valence-corrected chi connectivity index (χ0v) is 17.8. The van der Waals surface area contributed by atoms with Gasteiger partial charge in [0.15, 0.2) is 0 Å². The molecule has 1 aliphatic rings. The van der Waals surface area contributed by atoms with Gasteiger partial charge in [0.25, 0.3) is 0 Å². The summed E-state index contributed by atoms with van der Waals surface area (Å²) >= 11 is 0. The maximum absolute atomic E-state index is 6.36. The van der Waals surface area contributed by atoms with Crippen LogP contribution in [0.25, 0.3) is 0 Å². The molecule has 6 heteroatoms. The van der Waals surface area contributed by atoms with E-state index >= 15 is 0 Å². The van der Waals surface area contributed by atoms with Crippen molar-refractivity contribution < 1.29 is 9.16 Å². The fourth-order valence-corrected chi connectivity index (χ4v) is 3.56. The number of piperazine rings is 1. The van der Waals surface area contributed by atoms with Crippen molar-refractivity contribution in [1.29, 1.82) is 0 Å². The van der Waals surface area contributed by atoms with Gasteiger partial charge in [-0.1, -0.05) is 20.8 Å². The minimum atomic E-state index is -0.412. The van der Waals surface area contributed by atoms with Crippen LogP contribution in [-0.4, -0.2) is 55.0 Å². The summed E-state index contributed by atoms with van der Waals surface area (Å²) < 4.78 is 11.8. The van der Waals surface area contributed by atoms with E-state index in [1.54, 1.807) is 7.11 Å². The van der Waals surface area contributed by atoms with E-state index in [1.165, 1.54) is 5.69 Å². The van der Waals surface area contributed by atoms with Gasteiger partial charge >= 0.3 is 0 Å². The molecule has 1 heterocycles. The third-order valence-electron chi connectivity index (χ3n) is 4.45. The molecule has 0 amide bonds. The van der Waals surface area contributed by atoms with Crippen molar-refractivity contribution >= 4 is 21.1 Å². The largest absolute Gasteiger partial charge is 0.495 e. The van der Waals surface area contributed by atoms with Crippen LogP contribution in [0.15, 0.2) is 12.1 Å². The third kappa shape index (κ3) is 5.12. The quantitative estimate of drug-likeness (QED) is 0.643. The van der Waals surface area contributed by atoms with Crippen LogP contribution in [0, 0.1) is 0 Å². The average Bonchev–Trinajstić information content (AvgIpc) is 2.53. The maximum Gasteiger partial charge on any atom is 0.236 e. The Hall–Kier alpha value is -1.24. The second kappa shape index (κ2) is 7.56. The Morgan fingerprint density at radius 3 is 2.16 bits per heavy atom. The molecule has 1 aliphatic heterocycles. The van der Waals surface area contributed by atoms with Crippen molar-refractivity contribution in [1.82, 2.24) is 4.90 Å². The summed E-state index contributed by atoms with van der Waals surface area (Å²) in [6, 6.07) is 4.10. The van der Waals surface area contributed by atoms with Crippen molar-refractivity contribution in [2.24, 2.45) is 0 Å². The number of anilines is 2. The van der Waals surface area contributed by atoms with Gasteiger partial charge in [-0.2, -0.15) is 0 Å². The molecular formula is C19H33N3O2Si. The second-order valence-electron chi connectivity index (χ2n) is 8.37. The topological polar surface area (TPSA) is 51.0 Å². The molecule has 1 saturated heterocycles. The van der Waals surface area contributed by atoms with Gasteiger partial charge in [0.1, 0.15) is 5.75 Å². The minimum absolute atomic E-state index is 0.142. The van der Waals surface area contributed by atoms with E-state index in [-0.39, 0.29) is 5.04 Å². The Bertz CT molecular complexity index is 591. The van der Waals surface area contributed by atoms with Gasteiger partial charge in [0.2, 0.25) is 9.76 Å². The number of ether oxygens (including phenoxy) is 1. The van der Waals surface area contributed by atoms with Gasteiger partial charge in [0, 0.05) is 43.5 Å². The molecule has 2 rings (SSSR count). The summed E-state index contributed by atoms with van der Waals surface area (Å²) in [5.41, 5.74) is 8.77. The highest BCUT2D eigenvalue weighted by atomic mass is 28.2. The first-order chi connectivity index (χ1) is 11.5. The first-order valence-electron chi connectivity index (χ1n) is 8.90. The first kappa shape index (κ1) is 20.1. The first-order valence-corrected chi connectivity index (χ1v) is 9.81. The molecular weight excluding hydrogens is 330 g/mol. The van der Waals surface area contributed by atoms with Crippen molar-refractivity contribution in [2.75, 3.05) is 51.0 Å². The number of benzene rings is 1. The minimum Gasteiger partial charge on any atom is -0.495 e. The summed E-state index contributed by atoms with van der Waals surface area (Å²) in [4.78, 5) is 4.77. The standard InChI is InChI=1S/C19H33N3O2Si/c1-18(2,3)25-24-19(4,5)14-12-15(20)17(23-7)13-16(14)22-10-8-21(6)9-11-22/h12-13H,8-11,20H2,1-7H3.